The summed E-state index contributed by atoms with van der Waals surface area (Å²) in [5.41, 5.74) is 2.88. The lowest BCUT2D eigenvalue weighted by molar-refractivity contribution is -0.140. The van der Waals surface area contributed by atoms with E-state index in [0.717, 1.165) is 37.0 Å². The van der Waals surface area contributed by atoms with Crippen LogP contribution in [0.25, 0.3) is 0 Å². The highest BCUT2D eigenvalue weighted by Crippen LogP contribution is 2.60. The Hall–Kier alpha value is -1.88. The van der Waals surface area contributed by atoms with Crippen LogP contribution in [0.1, 0.15) is 48.9 Å². The number of nitrogens with one attached hydrogen (secondary N) is 2. The van der Waals surface area contributed by atoms with Crippen LogP contribution < -0.4 is 16.6 Å². The summed E-state index contributed by atoms with van der Waals surface area (Å²) >= 11 is 0. The van der Waals surface area contributed by atoms with Gasteiger partial charge in [-0.15, -0.1) is 0 Å². The van der Waals surface area contributed by atoms with E-state index in [-0.39, 0.29) is 17.2 Å². The number of rotatable bonds is 3. The highest BCUT2D eigenvalue weighted by Gasteiger charge is 2.54. The van der Waals surface area contributed by atoms with Crippen LogP contribution >= 0.6 is 0 Å². The van der Waals surface area contributed by atoms with Crippen molar-refractivity contribution >= 4 is 17.5 Å². The molecule has 2 amide bonds. The zero-order chi connectivity index (χ0) is 16.0. The maximum atomic E-state index is 13.1. The standard InChI is InChI=1S/C18H23N3O2/c19-21-16(22)14-3-1-2-4-15(14)20-17(23)18-8-11-5-12(9-18)7-13(6-11)10-18/h1-4,11-13H,5-10,19H2,(H,20,23)(H,21,22). The van der Waals surface area contributed by atoms with Crippen LogP contribution in [0, 0.1) is 23.2 Å². The topological polar surface area (TPSA) is 84.2 Å². The lowest BCUT2D eigenvalue weighted by Gasteiger charge is -2.55. The minimum Gasteiger partial charge on any atom is -0.325 e. The lowest BCUT2D eigenvalue weighted by Crippen LogP contribution is -2.51. The second-order valence-electron chi connectivity index (χ2n) is 7.67. The first-order chi connectivity index (χ1) is 11.1. The molecule has 4 aliphatic carbocycles. The van der Waals surface area contributed by atoms with E-state index in [0.29, 0.717) is 11.3 Å². The van der Waals surface area contributed by atoms with Crippen molar-refractivity contribution in [3.8, 4) is 0 Å². The van der Waals surface area contributed by atoms with Crippen molar-refractivity contribution in [2.24, 2.45) is 29.0 Å². The summed E-state index contributed by atoms with van der Waals surface area (Å²) in [5, 5.41) is 3.03. The summed E-state index contributed by atoms with van der Waals surface area (Å²) in [6.07, 6.45) is 6.94. The zero-order valence-corrected chi connectivity index (χ0v) is 13.2. The van der Waals surface area contributed by atoms with Gasteiger partial charge in [0.15, 0.2) is 0 Å². The van der Waals surface area contributed by atoms with Crippen LogP contribution in [0.4, 0.5) is 5.69 Å². The highest BCUT2D eigenvalue weighted by molar-refractivity contribution is 6.04. The summed E-state index contributed by atoms with van der Waals surface area (Å²) in [6.45, 7) is 0. The maximum Gasteiger partial charge on any atom is 0.267 e. The summed E-state index contributed by atoms with van der Waals surface area (Å²) in [5.74, 6) is 7.10. The third-order valence-corrected chi connectivity index (χ3v) is 6.07. The molecular weight excluding hydrogens is 290 g/mol. The van der Waals surface area contributed by atoms with Gasteiger partial charge in [0.1, 0.15) is 0 Å². The number of amides is 2. The van der Waals surface area contributed by atoms with Gasteiger partial charge >= 0.3 is 0 Å². The van der Waals surface area contributed by atoms with E-state index in [1.54, 1.807) is 18.2 Å². The van der Waals surface area contributed by atoms with E-state index in [4.69, 9.17) is 5.84 Å². The van der Waals surface area contributed by atoms with Crippen molar-refractivity contribution in [1.29, 1.82) is 0 Å². The third kappa shape index (κ3) is 2.43. The van der Waals surface area contributed by atoms with Gasteiger partial charge < -0.3 is 5.32 Å². The largest absolute Gasteiger partial charge is 0.325 e. The van der Waals surface area contributed by atoms with Crippen molar-refractivity contribution in [2.45, 2.75) is 38.5 Å². The van der Waals surface area contributed by atoms with Crippen molar-refractivity contribution in [3.05, 3.63) is 29.8 Å². The van der Waals surface area contributed by atoms with Crippen molar-refractivity contribution in [3.63, 3.8) is 0 Å². The van der Waals surface area contributed by atoms with Crippen LogP contribution in [0.5, 0.6) is 0 Å². The molecule has 0 atom stereocenters. The number of anilines is 1. The molecule has 4 bridgehead atoms. The van der Waals surface area contributed by atoms with Crippen LogP contribution in [0.3, 0.4) is 0 Å². The number of carbonyl (C=O) groups is 2. The van der Waals surface area contributed by atoms with Gasteiger partial charge in [-0.25, -0.2) is 5.84 Å². The molecule has 23 heavy (non-hydrogen) atoms. The number of hydrogen-bond acceptors (Lipinski definition) is 3. The molecule has 5 nitrogen and oxygen atoms in total. The fourth-order valence-corrected chi connectivity index (χ4v) is 5.51. The molecule has 0 saturated heterocycles. The number of para-hydroxylation sites is 1. The molecular formula is C18H23N3O2. The predicted molar refractivity (Wildman–Crippen MR) is 87.3 cm³/mol. The van der Waals surface area contributed by atoms with Gasteiger partial charge in [-0.3, -0.25) is 15.0 Å². The predicted octanol–water partition coefficient (Wildman–Crippen LogP) is 2.44. The Balaban J connectivity index is 1.58. The smallest absolute Gasteiger partial charge is 0.267 e. The van der Waals surface area contributed by atoms with E-state index < -0.39 is 0 Å². The van der Waals surface area contributed by atoms with Crippen molar-refractivity contribution < 1.29 is 9.59 Å². The van der Waals surface area contributed by atoms with Gasteiger partial charge in [-0.05, 0) is 68.4 Å². The average Bonchev–Trinajstić information content (AvgIpc) is 2.53. The number of benzene rings is 1. The van der Waals surface area contributed by atoms with E-state index in [2.05, 4.69) is 10.7 Å². The summed E-state index contributed by atoms with van der Waals surface area (Å²) in [4.78, 5) is 24.9. The Morgan fingerprint density at radius 3 is 2.13 bits per heavy atom. The molecule has 0 heterocycles. The van der Waals surface area contributed by atoms with Crippen LogP contribution in [-0.2, 0) is 4.79 Å². The minimum absolute atomic E-state index is 0.0915. The Labute approximate surface area is 136 Å². The Bertz CT molecular complexity index is 620. The van der Waals surface area contributed by atoms with Gasteiger partial charge in [0, 0.05) is 0 Å². The van der Waals surface area contributed by atoms with Crippen LogP contribution in [0.2, 0.25) is 0 Å². The SMILES string of the molecule is NNC(=O)c1ccccc1NC(=O)C12CC3CC(CC(C3)C1)C2. The maximum absolute atomic E-state index is 13.1. The van der Waals surface area contributed by atoms with E-state index in [9.17, 15) is 9.59 Å². The van der Waals surface area contributed by atoms with E-state index in [1.807, 2.05) is 6.07 Å². The fraction of sp³-hybridized carbons (Fsp3) is 0.556. The monoisotopic (exact) mass is 313 g/mol. The molecule has 0 radical (unpaired) electrons. The Morgan fingerprint density at radius 1 is 1.00 bits per heavy atom. The number of hydrogen-bond donors (Lipinski definition) is 3. The van der Waals surface area contributed by atoms with Crippen LogP contribution in [-0.4, -0.2) is 11.8 Å². The molecule has 0 spiro atoms. The number of nitrogen functional groups attached to an aromatic ring is 1. The first-order valence-electron chi connectivity index (χ1n) is 8.51. The molecule has 4 N–H and O–H groups in total. The number of nitrogens with two attached hydrogens (primary N) is 1. The fourth-order valence-electron chi connectivity index (χ4n) is 5.51. The zero-order valence-electron chi connectivity index (χ0n) is 13.2. The summed E-state index contributed by atoms with van der Waals surface area (Å²) in [6, 6.07) is 7.04. The Kier molecular flexibility index (Phi) is 3.41. The average molecular weight is 313 g/mol. The molecule has 122 valence electrons. The number of carbonyl (C=O) groups excluding carboxylic acids is 2. The molecule has 0 unspecified atom stereocenters. The minimum atomic E-state index is -0.383. The highest BCUT2D eigenvalue weighted by atomic mass is 16.2. The van der Waals surface area contributed by atoms with Gasteiger partial charge in [0.2, 0.25) is 5.91 Å². The molecule has 4 aliphatic rings. The molecule has 5 heteroatoms. The normalized spacial score (nSPS) is 34.2. The molecule has 0 aromatic heterocycles. The first-order valence-corrected chi connectivity index (χ1v) is 8.51. The molecule has 0 aliphatic heterocycles. The van der Waals surface area contributed by atoms with Gasteiger partial charge in [0.05, 0.1) is 16.7 Å². The molecule has 1 aromatic carbocycles. The lowest BCUT2D eigenvalue weighted by atomic mass is 9.49. The summed E-state index contributed by atoms with van der Waals surface area (Å²) < 4.78 is 0. The number of hydrazine groups is 1. The second kappa shape index (κ2) is 5.34. The van der Waals surface area contributed by atoms with Gasteiger partial charge in [0.25, 0.3) is 5.91 Å². The van der Waals surface area contributed by atoms with Gasteiger partial charge in [-0.1, -0.05) is 12.1 Å². The third-order valence-electron chi connectivity index (χ3n) is 6.07. The molecule has 4 saturated carbocycles. The molecule has 1 aromatic rings. The Morgan fingerprint density at radius 2 is 1.57 bits per heavy atom. The quantitative estimate of drug-likeness (QED) is 0.455. The van der Waals surface area contributed by atoms with E-state index in [1.165, 1.54) is 19.3 Å². The molecule has 5 rings (SSSR count). The second-order valence-corrected chi connectivity index (χ2v) is 7.67. The van der Waals surface area contributed by atoms with E-state index >= 15 is 0 Å². The summed E-state index contributed by atoms with van der Waals surface area (Å²) in [7, 11) is 0. The molecule has 4 fully saturated rings. The van der Waals surface area contributed by atoms with Gasteiger partial charge in [-0.2, -0.15) is 0 Å². The van der Waals surface area contributed by atoms with Crippen molar-refractivity contribution in [2.75, 3.05) is 5.32 Å². The first kappa shape index (κ1) is 14.7. The van der Waals surface area contributed by atoms with Crippen LogP contribution in [0.15, 0.2) is 24.3 Å². The van der Waals surface area contributed by atoms with Crippen molar-refractivity contribution in [1.82, 2.24) is 5.43 Å².